The maximum atomic E-state index is 11.9. The summed E-state index contributed by atoms with van der Waals surface area (Å²) < 4.78 is 2.55. The molecule has 0 spiro atoms. The highest BCUT2D eigenvalue weighted by Crippen LogP contribution is 2.15. The van der Waals surface area contributed by atoms with Gasteiger partial charge in [-0.05, 0) is 34.5 Å². The van der Waals surface area contributed by atoms with E-state index in [4.69, 9.17) is 0 Å². The highest BCUT2D eigenvalue weighted by molar-refractivity contribution is 9.10. The Hall–Kier alpha value is -1.69. The minimum atomic E-state index is -0.0685. The Kier molecular flexibility index (Phi) is 4.46. The van der Waals surface area contributed by atoms with Gasteiger partial charge in [-0.25, -0.2) is 0 Å². The van der Waals surface area contributed by atoms with Crippen LogP contribution in [0.4, 0.5) is 0 Å². The molecule has 1 aromatic carbocycles. The summed E-state index contributed by atoms with van der Waals surface area (Å²) in [5, 5.41) is 10.4. The molecule has 0 aliphatic carbocycles. The number of hydrogen-bond donors (Lipinski definition) is 1. The fraction of sp³-hybridized carbons (Fsp3) is 0.250. The summed E-state index contributed by atoms with van der Waals surface area (Å²) in [4.78, 5) is 11.9. The highest BCUT2D eigenvalue weighted by atomic mass is 79.9. The molecule has 1 heterocycles. The number of rotatable bonds is 5. The molecule has 6 heteroatoms. The first-order valence-corrected chi connectivity index (χ1v) is 6.43. The van der Waals surface area contributed by atoms with Crippen molar-refractivity contribution in [2.24, 2.45) is 0 Å². The van der Waals surface area contributed by atoms with Crippen molar-refractivity contribution in [2.75, 3.05) is 6.54 Å². The highest BCUT2D eigenvalue weighted by Gasteiger charge is 2.07. The first-order valence-electron chi connectivity index (χ1n) is 5.64. The number of aryl methyl sites for hydroxylation is 1. The third kappa shape index (κ3) is 3.40. The van der Waals surface area contributed by atoms with Gasteiger partial charge in [-0.15, -0.1) is 5.10 Å². The Labute approximate surface area is 113 Å². The van der Waals surface area contributed by atoms with Crippen LogP contribution in [0.25, 0.3) is 0 Å². The van der Waals surface area contributed by atoms with E-state index in [0.717, 1.165) is 17.4 Å². The Morgan fingerprint density at radius 2 is 2.22 bits per heavy atom. The molecule has 5 nitrogen and oxygen atoms in total. The topological polar surface area (TPSA) is 59.8 Å². The first-order chi connectivity index (χ1) is 8.77. The smallest absolute Gasteiger partial charge is 0.252 e. The average Bonchev–Trinajstić information content (AvgIpc) is 2.88. The standard InChI is InChI=1S/C12H13BrN4O/c13-11-5-2-1-4-10(11)12(18)14-6-3-8-17-9-7-15-16-17/h1-2,4-5,7,9H,3,6,8H2,(H,14,18). The quantitative estimate of drug-likeness (QED) is 0.858. The Morgan fingerprint density at radius 1 is 1.39 bits per heavy atom. The summed E-state index contributed by atoms with van der Waals surface area (Å²) in [6.07, 6.45) is 4.26. The fourth-order valence-electron chi connectivity index (χ4n) is 1.54. The van der Waals surface area contributed by atoms with E-state index in [2.05, 4.69) is 31.6 Å². The summed E-state index contributed by atoms with van der Waals surface area (Å²) in [5.74, 6) is -0.0685. The van der Waals surface area contributed by atoms with Crippen LogP contribution in [-0.4, -0.2) is 27.4 Å². The van der Waals surface area contributed by atoms with Gasteiger partial charge in [0.1, 0.15) is 0 Å². The van der Waals surface area contributed by atoms with Crippen LogP contribution in [0, 0.1) is 0 Å². The molecule has 0 atom stereocenters. The van der Waals surface area contributed by atoms with Crippen LogP contribution < -0.4 is 5.32 Å². The van der Waals surface area contributed by atoms with Crippen molar-refractivity contribution >= 4 is 21.8 Å². The molecule has 0 unspecified atom stereocenters. The first kappa shape index (κ1) is 12.8. The maximum absolute atomic E-state index is 11.9. The molecule has 0 aliphatic rings. The normalized spacial score (nSPS) is 10.3. The van der Waals surface area contributed by atoms with Crippen LogP contribution in [0.15, 0.2) is 41.1 Å². The molecule has 1 N–H and O–H groups in total. The lowest BCUT2D eigenvalue weighted by Gasteiger charge is -2.06. The number of aromatic nitrogens is 3. The second kappa shape index (κ2) is 6.30. The van der Waals surface area contributed by atoms with Crippen LogP contribution in [0.3, 0.4) is 0 Å². The van der Waals surface area contributed by atoms with Gasteiger partial charge in [-0.3, -0.25) is 9.48 Å². The van der Waals surface area contributed by atoms with Crippen molar-refractivity contribution in [1.82, 2.24) is 20.3 Å². The third-order valence-electron chi connectivity index (χ3n) is 2.44. The van der Waals surface area contributed by atoms with Gasteiger partial charge < -0.3 is 5.32 Å². The maximum Gasteiger partial charge on any atom is 0.252 e. The minimum Gasteiger partial charge on any atom is -0.352 e. The number of amides is 1. The predicted molar refractivity (Wildman–Crippen MR) is 71.1 cm³/mol. The van der Waals surface area contributed by atoms with Crippen molar-refractivity contribution in [3.05, 3.63) is 46.7 Å². The molecule has 1 amide bonds. The van der Waals surface area contributed by atoms with Gasteiger partial charge in [-0.2, -0.15) is 0 Å². The van der Waals surface area contributed by atoms with Crippen molar-refractivity contribution in [3.8, 4) is 0 Å². The lowest BCUT2D eigenvalue weighted by Crippen LogP contribution is -2.25. The lowest BCUT2D eigenvalue weighted by atomic mass is 10.2. The second-order valence-electron chi connectivity index (χ2n) is 3.76. The molecule has 0 saturated carbocycles. The van der Waals surface area contributed by atoms with Gasteiger partial charge >= 0.3 is 0 Å². The molecule has 0 aliphatic heterocycles. The fourth-order valence-corrected chi connectivity index (χ4v) is 2.00. The number of hydrogen-bond acceptors (Lipinski definition) is 3. The van der Waals surface area contributed by atoms with E-state index in [1.165, 1.54) is 0 Å². The molecule has 0 saturated heterocycles. The number of carbonyl (C=O) groups excluding carboxylic acids is 1. The zero-order valence-electron chi connectivity index (χ0n) is 9.71. The van der Waals surface area contributed by atoms with Crippen LogP contribution >= 0.6 is 15.9 Å². The van der Waals surface area contributed by atoms with E-state index >= 15 is 0 Å². The van der Waals surface area contributed by atoms with Crippen molar-refractivity contribution in [3.63, 3.8) is 0 Å². The number of halogens is 1. The van der Waals surface area contributed by atoms with E-state index < -0.39 is 0 Å². The van der Waals surface area contributed by atoms with Crippen LogP contribution in [-0.2, 0) is 6.54 Å². The number of nitrogens with one attached hydrogen (secondary N) is 1. The van der Waals surface area contributed by atoms with E-state index in [1.807, 2.05) is 18.2 Å². The van der Waals surface area contributed by atoms with Gasteiger partial charge in [0.25, 0.3) is 5.91 Å². The number of benzene rings is 1. The van der Waals surface area contributed by atoms with Crippen LogP contribution in [0.1, 0.15) is 16.8 Å². The largest absolute Gasteiger partial charge is 0.352 e. The molecule has 1 aromatic heterocycles. The Balaban J connectivity index is 1.77. The lowest BCUT2D eigenvalue weighted by molar-refractivity contribution is 0.0952. The van der Waals surface area contributed by atoms with E-state index in [-0.39, 0.29) is 5.91 Å². The van der Waals surface area contributed by atoms with Crippen molar-refractivity contribution < 1.29 is 4.79 Å². The van der Waals surface area contributed by atoms with Crippen LogP contribution in [0.2, 0.25) is 0 Å². The summed E-state index contributed by atoms with van der Waals surface area (Å²) in [5.41, 5.74) is 0.651. The molecular formula is C12H13BrN4O. The Bertz CT molecular complexity index is 513. The Morgan fingerprint density at radius 3 is 2.94 bits per heavy atom. The molecule has 0 bridgehead atoms. The predicted octanol–water partition coefficient (Wildman–Crippen LogP) is 1.86. The summed E-state index contributed by atoms with van der Waals surface area (Å²) in [6, 6.07) is 7.36. The molecule has 0 fully saturated rings. The number of carbonyl (C=O) groups is 1. The molecule has 0 radical (unpaired) electrons. The summed E-state index contributed by atoms with van der Waals surface area (Å²) in [6.45, 7) is 1.36. The minimum absolute atomic E-state index is 0.0685. The monoisotopic (exact) mass is 308 g/mol. The zero-order valence-corrected chi connectivity index (χ0v) is 11.3. The van der Waals surface area contributed by atoms with Gasteiger partial charge in [0.05, 0.1) is 11.8 Å². The SMILES string of the molecule is O=C(NCCCn1ccnn1)c1ccccc1Br. The molecule has 94 valence electrons. The summed E-state index contributed by atoms with van der Waals surface area (Å²) in [7, 11) is 0. The van der Waals surface area contributed by atoms with Gasteiger partial charge in [0.15, 0.2) is 0 Å². The van der Waals surface area contributed by atoms with Crippen molar-refractivity contribution in [1.29, 1.82) is 0 Å². The summed E-state index contributed by atoms with van der Waals surface area (Å²) >= 11 is 3.35. The average molecular weight is 309 g/mol. The second-order valence-corrected chi connectivity index (χ2v) is 4.61. The molecule has 2 aromatic rings. The third-order valence-corrected chi connectivity index (χ3v) is 3.13. The van der Waals surface area contributed by atoms with E-state index in [1.54, 1.807) is 23.1 Å². The van der Waals surface area contributed by atoms with E-state index in [0.29, 0.717) is 12.1 Å². The van der Waals surface area contributed by atoms with Gasteiger partial charge in [0.2, 0.25) is 0 Å². The number of nitrogens with zero attached hydrogens (tertiary/aromatic N) is 3. The molecule has 18 heavy (non-hydrogen) atoms. The van der Waals surface area contributed by atoms with Crippen LogP contribution in [0.5, 0.6) is 0 Å². The van der Waals surface area contributed by atoms with Gasteiger partial charge in [-0.1, -0.05) is 17.3 Å². The van der Waals surface area contributed by atoms with E-state index in [9.17, 15) is 4.79 Å². The molecular weight excluding hydrogens is 296 g/mol. The van der Waals surface area contributed by atoms with Gasteiger partial charge in [0, 0.05) is 23.8 Å². The molecule has 2 rings (SSSR count). The zero-order chi connectivity index (χ0) is 12.8. The van der Waals surface area contributed by atoms with Crippen molar-refractivity contribution in [2.45, 2.75) is 13.0 Å².